The van der Waals surface area contributed by atoms with Gasteiger partial charge in [0, 0.05) is 23.2 Å². The van der Waals surface area contributed by atoms with E-state index in [-0.39, 0.29) is 12.1 Å². The minimum atomic E-state index is -0.0437. The molecule has 0 amide bonds. The van der Waals surface area contributed by atoms with Crippen LogP contribution in [0.3, 0.4) is 0 Å². The lowest BCUT2D eigenvalue weighted by Crippen LogP contribution is -2.19. The molecule has 0 spiro atoms. The number of benzene rings is 1. The lowest BCUT2D eigenvalue weighted by molar-refractivity contribution is 0.0912. The zero-order valence-electron chi connectivity index (χ0n) is 9.87. The van der Waals surface area contributed by atoms with Crippen molar-refractivity contribution in [2.24, 2.45) is 5.73 Å². The summed E-state index contributed by atoms with van der Waals surface area (Å²) >= 11 is 3.42. The van der Waals surface area contributed by atoms with Crippen molar-refractivity contribution in [3.05, 3.63) is 28.2 Å². The van der Waals surface area contributed by atoms with Gasteiger partial charge < -0.3 is 15.2 Å². The van der Waals surface area contributed by atoms with Crippen LogP contribution in [0, 0.1) is 0 Å². The van der Waals surface area contributed by atoms with Crippen LogP contribution in [0.2, 0.25) is 0 Å². The van der Waals surface area contributed by atoms with E-state index in [1.54, 1.807) is 7.11 Å². The SMILES string of the molecule is COCC(C)Oc1cc(Br)ccc1[C@H](C)N. The Morgan fingerprint density at radius 3 is 2.62 bits per heavy atom. The van der Waals surface area contributed by atoms with E-state index >= 15 is 0 Å². The average Bonchev–Trinajstić information content (AvgIpc) is 2.17. The van der Waals surface area contributed by atoms with Gasteiger partial charge >= 0.3 is 0 Å². The molecule has 0 radical (unpaired) electrons. The molecule has 90 valence electrons. The van der Waals surface area contributed by atoms with Gasteiger partial charge in [-0.1, -0.05) is 22.0 Å². The standard InChI is InChI=1S/C12H18BrNO2/c1-8(7-15-3)16-12-6-10(13)4-5-11(12)9(2)14/h4-6,8-9H,7,14H2,1-3H3/t8?,9-/m0/s1. The maximum absolute atomic E-state index is 5.89. The minimum Gasteiger partial charge on any atom is -0.488 e. The predicted octanol–water partition coefficient (Wildman–Crippen LogP) is 2.88. The van der Waals surface area contributed by atoms with Gasteiger partial charge in [0.05, 0.1) is 6.61 Å². The first-order chi connectivity index (χ1) is 7.54. The molecule has 3 nitrogen and oxygen atoms in total. The van der Waals surface area contributed by atoms with Gasteiger partial charge in [-0.15, -0.1) is 0 Å². The fourth-order valence-electron chi connectivity index (χ4n) is 1.47. The van der Waals surface area contributed by atoms with E-state index in [4.69, 9.17) is 15.2 Å². The zero-order valence-corrected chi connectivity index (χ0v) is 11.5. The van der Waals surface area contributed by atoms with Crippen LogP contribution in [0.5, 0.6) is 5.75 Å². The molecule has 0 fully saturated rings. The summed E-state index contributed by atoms with van der Waals surface area (Å²) in [5.74, 6) is 0.814. The summed E-state index contributed by atoms with van der Waals surface area (Å²) in [6.45, 7) is 4.47. The van der Waals surface area contributed by atoms with Crippen LogP contribution in [0.4, 0.5) is 0 Å². The average molecular weight is 288 g/mol. The molecule has 16 heavy (non-hydrogen) atoms. The maximum Gasteiger partial charge on any atom is 0.125 e. The Morgan fingerprint density at radius 1 is 1.38 bits per heavy atom. The van der Waals surface area contributed by atoms with Gasteiger partial charge in [-0.25, -0.2) is 0 Å². The molecule has 0 saturated heterocycles. The normalized spacial score (nSPS) is 14.6. The molecule has 0 heterocycles. The predicted molar refractivity (Wildman–Crippen MR) is 68.7 cm³/mol. The van der Waals surface area contributed by atoms with Crippen LogP contribution < -0.4 is 10.5 Å². The quantitative estimate of drug-likeness (QED) is 0.906. The number of halogens is 1. The third kappa shape index (κ3) is 3.77. The van der Waals surface area contributed by atoms with Crippen LogP contribution in [0.15, 0.2) is 22.7 Å². The van der Waals surface area contributed by atoms with E-state index in [0.29, 0.717) is 6.61 Å². The molecule has 1 rings (SSSR count). The van der Waals surface area contributed by atoms with Gasteiger partial charge in [-0.3, -0.25) is 0 Å². The van der Waals surface area contributed by atoms with Gasteiger partial charge in [0.1, 0.15) is 11.9 Å². The topological polar surface area (TPSA) is 44.5 Å². The van der Waals surface area contributed by atoms with Crippen molar-refractivity contribution < 1.29 is 9.47 Å². The van der Waals surface area contributed by atoms with Crippen molar-refractivity contribution in [3.8, 4) is 5.75 Å². The number of hydrogen-bond donors (Lipinski definition) is 1. The summed E-state index contributed by atoms with van der Waals surface area (Å²) < 4.78 is 11.8. The molecule has 0 saturated carbocycles. The third-order valence-corrected chi connectivity index (χ3v) is 2.69. The molecule has 0 aliphatic rings. The van der Waals surface area contributed by atoms with Gasteiger partial charge in [0.2, 0.25) is 0 Å². The lowest BCUT2D eigenvalue weighted by atomic mass is 10.1. The minimum absolute atomic E-state index is 0.0109. The van der Waals surface area contributed by atoms with E-state index < -0.39 is 0 Å². The van der Waals surface area contributed by atoms with Crippen LogP contribution in [-0.2, 0) is 4.74 Å². The second kappa shape index (κ2) is 6.23. The van der Waals surface area contributed by atoms with E-state index in [1.165, 1.54) is 0 Å². The van der Waals surface area contributed by atoms with Gasteiger partial charge in [0.15, 0.2) is 0 Å². The van der Waals surface area contributed by atoms with Gasteiger partial charge in [0.25, 0.3) is 0 Å². The van der Waals surface area contributed by atoms with Crippen molar-refractivity contribution in [1.82, 2.24) is 0 Å². The molecule has 0 aliphatic heterocycles. The molecule has 1 aromatic carbocycles. The summed E-state index contributed by atoms with van der Waals surface area (Å²) in [6.07, 6.45) is 0.0109. The summed E-state index contributed by atoms with van der Waals surface area (Å²) in [5, 5.41) is 0. The molecule has 1 unspecified atom stereocenters. The first-order valence-corrected chi connectivity index (χ1v) is 6.04. The Hall–Kier alpha value is -0.580. The summed E-state index contributed by atoms with van der Waals surface area (Å²) in [6, 6.07) is 5.83. The van der Waals surface area contributed by atoms with Crippen LogP contribution in [0.1, 0.15) is 25.5 Å². The van der Waals surface area contributed by atoms with Crippen molar-refractivity contribution in [2.45, 2.75) is 26.0 Å². The van der Waals surface area contributed by atoms with Crippen LogP contribution in [0.25, 0.3) is 0 Å². The van der Waals surface area contributed by atoms with Crippen LogP contribution in [-0.4, -0.2) is 19.8 Å². The summed E-state index contributed by atoms with van der Waals surface area (Å²) in [4.78, 5) is 0. The summed E-state index contributed by atoms with van der Waals surface area (Å²) in [7, 11) is 1.66. The van der Waals surface area contributed by atoms with Crippen molar-refractivity contribution in [1.29, 1.82) is 0 Å². The number of methoxy groups -OCH3 is 1. The number of nitrogens with two attached hydrogens (primary N) is 1. The van der Waals surface area contributed by atoms with Crippen molar-refractivity contribution in [3.63, 3.8) is 0 Å². The largest absolute Gasteiger partial charge is 0.488 e. The molecule has 0 bridgehead atoms. The Labute approximate surface area is 105 Å². The smallest absolute Gasteiger partial charge is 0.125 e. The highest BCUT2D eigenvalue weighted by Crippen LogP contribution is 2.28. The highest BCUT2D eigenvalue weighted by molar-refractivity contribution is 9.10. The number of rotatable bonds is 5. The van der Waals surface area contributed by atoms with Crippen molar-refractivity contribution >= 4 is 15.9 Å². The fourth-order valence-corrected chi connectivity index (χ4v) is 1.81. The Morgan fingerprint density at radius 2 is 2.06 bits per heavy atom. The maximum atomic E-state index is 5.89. The third-order valence-electron chi connectivity index (χ3n) is 2.20. The number of ether oxygens (including phenoxy) is 2. The first kappa shape index (κ1) is 13.5. The lowest BCUT2D eigenvalue weighted by Gasteiger charge is -2.18. The molecule has 4 heteroatoms. The molecule has 2 atom stereocenters. The van der Waals surface area contributed by atoms with E-state index in [2.05, 4.69) is 15.9 Å². The van der Waals surface area contributed by atoms with Crippen LogP contribution >= 0.6 is 15.9 Å². The monoisotopic (exact) mass is 287 g/mol. The molecule has 1 aromatic rings. The van der Waals surface area contributed by atoms with Crippen molar-refractivity contribution in [2.75, 3.05) is 13.7 Å². The zero-order chi connectivity index (χ0) is 12.1. The molecule has 0 aliphatic carbocycles. The Balaban J connectivity index is 2.87. The highest BCUT2D eigenvalue weighted by Gasteiger charge is 2.11. The van der Waals surface area contributed by atoms with E-state index in [9.17, 15) is 0 Å². The molecule has 0 aromatic heterocycles. The second-order valence-electron chi connectivity index (χ2n) is 3.85. The number of hydrogen-bond acceptors (Lipinski definition) is 3. The molecular formula is C12H18BrNO2. The molecule has 2 N–H and O–H groups in total. The van der Waals surface area contributed by atoms with Gasteiger partial charge in [-0.05, 0) is 26.0 Å². The Kier molecular flexibility index (Phi) is 5.25. The Bertz CT molecular complexity index is 342. The molecular weight excluding hydrogens is 270 g/mol. The van der Waals surface area contributed by atoms with E-state index in [0.717, 1.165) is 15.8 Å². The fraction of sp³-hybridized carbons (Fsp3) is 0.500. The summed E-state index contributed by atoms with van der Waals surface area (Å²) in [5.41, 5.74) is 6.89. The van der Waals surface area contributed by atoms with Gasteiger partial charge in [-0.2, -0.15) is 0 Å². The van der Waals surface area contributed by atoms with E-state index in [1.807, 2.05) is 32.0 Å². The highest BCUT2D eigenvalue weighted by atomic mass is 79.9. The first-order valence-electron chi connectivity index (χ1n) is 5.25. The second-order valence-corrected chi connectivity index (χ2v) is 4.77.